The van der Waals surface area contributed by atoms with Gasteiger partial charge in [0.25, 0.3) is 0 Å². The standard InChI is InChI=1S/C7H10N2O/c1-5-2-3-6(9-10)4-7(5)8/h2-4,9-10H,8H2,1H3. The molecule has 3 heteroatoms. The molecule has 0 aliphatic carbocycles. The molecule has 0 aliphatic heterocycles. The average Bonchev–Trinajstić information content (AvgIpc) is 1.95. The zero-order chi connectivity index (χ0) is 7.56. The highest BCUT2D eigenvalue weighted by molar-refractivity contribution is 5.57. The molecule has 0 radical (unpaired) electrons. The van der Waals surface area contributed by atoms with Gasteiger partial charge in [-0.1, -0.05) is 6.07 Å². The van der Waals surface area contributed by atoms with E-state index in [1.807, 2.05) is 18.5 Å². The van der Waals surface area contributed by atoms with E-state index in [1.54, 1.807) is 12.1 Å². The fraction of sp³-hybridized carbons (Fsp3) is 0.143. The molecule has 1 rings (SSSR count). The monoisotopic (exact) mass is 138 g/mol. The lowest BCUT2D eigenvalue weighted by atomic mass is 10.2. The molecular weight excluding hydrogens is 128 g/mol. The third kappa shape index (κ3) is 1.19. The smallest absolute Gasteiger partial charge is 0.0622 e. The SMILES string of the molecule is Cc1ccc(NO)cc1N. The number of aryl methyl sites for hydroxylation is 1. The van der Waals surface area contributed by atoms with Gasteiger partial charge in [-0.15, -0.1) is 0 Å². The van der Waals surface area contributed by atoms with Gasteiger partial charge in [0.15, 0.2) is 0 Å². The van der Waals surface area contributed by atoms with Crippen LogP contribution in [0, 0.1) is 6.92 Å². The molecule has 0 heterocycles. The summed E-state index contributed by atoms with van der Waals surface area (Å²) in [7, 11) is 0. The molecule has 0 fully saturated rings. The lowest BCUT2D eigenvalue weighted by molar-refractivity contribution is 0.389. The molecule has 0 amide bonds. The van der Waals surface area contributed by atoms with Crippen LogP contribution in [0.2, 0.25) is 0 Å². The van der Waals surface area contributed by atoms with Crippen LogP contribution in [0.3, 0.4) is 0 Å². The van der Waals surface area contributed by atoms with E-state index >= 15 is 0 Å². The molecule has 1 aromatic rings. The second-order valence-corrected chi connectivity index (χ2v) is 2.18. The highest BCUT2D eigenvalue weighted by Gasteiger charge is 1.93. The molecule has 0 aliphatic rings. The van der Waals surface area contributed by atoms with E-state index in [9.17, 15) is 0 Å². The quantitative estimate of drug-likeness (QED) is 0.406. The van der Waals surface area contributed by atoms with Crippen molar-refractivity contribution in [1.29, 1.82) is 0 Å². The average molecular weight is 138 g/mol. The number of hydrogen-bond acceptors (Lipinski definition) is 3. The predicted octanol–water partition coefficient (Wildman–Crippen LogP) is 1.38. The molecule has 0 unspecified atom stereocenters. The highest BCUT2D eigenvalue weighted by atomic mass is 16.5. The first kappa shape index (κ1) is 6.89. The van der Waals surface area contributed by atoms with Gasteiger partial charge in [-0.25, -0.2) is 0 Å². The Hall–Kier alpha value is -1.22. The molecule has 54 valence electrons. The van der Waals surface area contributed by atoms with Crippen molar-refractivity contribution in [2.75, 3.05) is 11.2 Å². The van der Waals surface area contributed by atoms with E-state index in [0.29, 0.717) is 11.4 Å². The van der Waals surface area contributed by atoms with E-state index in [2.05, 4.69) is 0 Å². The van der Waals surface area contributed by atoms with Crippen LogP contribution in [0.15, 0.2) is 18.2 Å². The summed E-state index contributed by atoms with van der Waals surface area (Å²) >= 11 is 0. The van der Waals surface area contributed by atoms with E-state index < -0.39 is 0 Å². The molecular formula is C7H10N2O. The Balaban J connectivity index is 3.04. The van der Waals surface area contributed by atoms with Gasteiger partial charge in [0.2, 0.25) is 0 Å². The molecule has 3 nitrogen and oxygen atoms in total. The summed E-state index contributed by atoms with van der Waals surface area (Å²) < 4.78 is 0. The summed E-state index contributed by atoms with van der Waals surface area (Å²) in [5.74, 6) is 0. The van der Waals surface area contributed by atoms with Crippen molar-refractivity contribution >= 4 is 11.4 Å². The summed E-state index contributed by atoms with van der Waals surface area (Å²) in [6.45, 7) is 1.91. The lowest BCUT2D eigenvalue weighted by Crippen LogP contribution is -1.93. The van der Waals surface area contributed by atoms with E-state index in [-0.39, 0.29) is 0 Å². The fourth-order valence-electron chi connectivity index (χ4n) is 0.710. The first-order valence-electron chi connectivity index (χ1n) is 3.00. The Morgan fingerprint density at radius 2 is 2.20 bits per heavy atom. The number of nitrogen functional groups attached to an aromatic ring is 1. The molecule has 0 saturated heterocycles. The summed E-state index contributed by atoms with van der Waals surface area (Å²) in [5.41, 5.74) is 9.87. The van der Waals surface area contributed by atoms with E-state index in [4.69, 9.17) is 10.9 Å². The Labute approximate surface area is 59.4 Å². The van der Waals surface area contributed by atoms with Gasteiger partial charge in [0.1, 0.15) is 0 Å². The zero-order valence-corrected chi connectivity index (χ0v) is 5.76. The van der Waals surface area contributed by atoms with Crippen LogP contribution in [-0.4, -0.2) is 5.21 Å². The van der Waals surface area contributed by atoms with Crippen LogP contribution in [0.4, 0.5) is 11.4 Å². The summed E-state index contributed by atoms with van der Waals surface area (Å²) in [6.07, 6.45) is 0. The molecule has 0 bridgehead atoms. The van der Waals surface area contributed by atoms with Crippen LogP contribution < -0.4 is 11.2 Å². The maximum absolute atomic E-state index is 8.45. The normalized spacial score (nSPS) is 9.40. The molecule has 0 saturated carbocycles. The molecule has 0 aromatic heterocycles. The third-order valence-electron chi connectivity index (χ3n) is 1.41. The Morgan fingerprint density at radius 1 is 1.50 bits per heavy atom. The zero-order valence-electron chi connectivity index (χ0n) is 5.76. The second-order valence-electron chi connectivity index (χ2n) is 2.18. The van der Waals surface area contributed by atoms with Crippen molar-refractivity contribution in [2.24, 2.45) is 0 Å². The number of benzene rings is 1. The van der Waals surface area contributed by atoms with E-state index in [1.165, 1.54) is 0 Å². The van der Waals surface area contributed by atoms with Crippen molar-refractivity contribution in [3.8, 4) is 0 Å². The minimum absolute atomic E-state index is 0.614. The molecule has 4 N–H and O–H groups in total. The third-order valence-corrected chi connectivity index (χ3v) is 1.41. The maximum atomic E-state index is 8.45. The summed E-state index contributed by atoms with van der Waals surface area (Å²) in [4.78, 5) is 0. The van der Waals surface area contributed by atoms with E-state index in [0.717, 1.165) is 5.56 Å². The van der Waals surface area contributed by atoms with Crippen LogP contribution in [0.1, 0.15) is 5.56 Å². The molecule has 0 atom stereocenters. The lowest BCUT2D eigenvalue weighted by Gasteiger charge is -2.01. The summed E-state index contributed by atoms with van der Waals surface area (Å²) in [6, 6.07) is 5.27. The fourth-order valence-corrected chi connectivity index (χ4v) is 0.710. The first-order chi connectivity index (χ1) is 4.74. The van der Waals surface area contributed by atoms with Crippen LogP contribution in [0.5, 0.6) is 0 Å². The van der Waals surface area contributed by atoms with Crippen molar-refractivity contribution in [2.45, 2.75) is 6.92 Å². The molecule has 0 spiro atoms. The Morgan fingerprint density at radius 3 is 2.70 bits per heavy atom. The van der Waals surface area contributed by atoms with Crippen molar-refractivity contribution in [1.82, 2.24) is 0 Å². The molecule has 1 aromatic carbocycles. The van der Waals surface area contributed by atoms with Gasteiger partial charge in [-0.2, -0.15) is 0 Å². The number of hydrogen-bond donors (Lipinski definition) is 3. The number of nitrogens with two attached hydrogens (primary N) is 1. The van der Waals surface area contributed by atoms with Gasteiger partial charge < -0.3 is 5.73 Å². The van der Waals surface area contributed by atoms with Crippen molar-refractivity contribution in [3.05, 3.63) is 23.8 Å². The second kappa shape index (κ2) is 2.58. The van der Waals surface area contributed by atoms with Crippen LogP contribution >= 0.6 is 0 Å². The minimum atomic E-state index is 0.614. The van der Waals surface area contributed by atoms with Crippen molar-refractivity contribution < 1.29 is 5.21 Å². The largest absolute Gasteiger partial charge is 0.398 e. The van der Waals surface area contributed by atoms with Crippen LogP contribution in [0.25, 0.3) is 0 Å². The van der Waals surface area contributed by atoms with Gasteiger partial charge in [0.05, 0.1) is 5.69 Å². The van der Waals surface area contributed by atoms with Crippen molar-refractivity contribution in [3.63, 3.8) is 0 Å². The highest BCUT2D eigenvalue weighted by Crippen LogP contribution is 2.15. The van der Waals surface area contributed by atoms with Gasteiger partial charge in [-0.05, 0) is 24.6 Å². The minimum Gasteiger partial charge on any atom is -0.398 e. The Bertz CT molecular complexity index is 235. The first-order valence-corrected chi connectivity index (χ1v) is 3.00. The summed E-state index contributed by atoms with van der Waals surface area (Å²) in [5, 5.41) is 8.45. The molecule has 10 heavy (non-hydrogen) atoms. The Kier molecular flexibility index (Phi) is 1.78. The van der Waals surface area contributed by atoms with Gasteiger partial charge >= 0.3 is 0 Å². The topological polar surface area (TPSA) is 58.3 Å². The number of rotatable bonds is 1. The predicted molar refractivity (Wildman–Crippen MR) is 41.0 cm³/mol. The van der Waals surface area contributed by atoms with Gasteiger partial charge in [-0.3, -0.25) is 10.7 Å². The maximum Gasteiger partial charge on any atom is 0.0622 e. The van der Waals surface area contributed by atoms with Gasteiger partial charge in [0, 0.05) is 5.69 Å². The number of nitrogens with one attached hydrogen (secondary N) is 1. The number of anilines is 2. The van der Waals surface area contributed by atoms with Crippen LogP contribution in [-0.2, 0) is 0 Å².